The largest absolute Gasteiger partial charge is 0.756 e. The zero-order chi connectivity index (χ0) is 75.9. The van der Waals surface area contributed by atoms with Crippen LogP contribution in [0.2, 0.25) is 0 Å². The smallest absolute Gasteiger partial charge is 0.364 e. The summed E-state index contributed by atoms with van der Waals surface area (Å²) in [6.07, 6.45) is -43.0. The van der Waals surface area contributed by atoms with E-state index in [2.05, 4.69) is 20.9 Å². The van der Waals surface area contributed by atoms with Gasteiger partial charge in [-0.05, 0) is 24.7 Å². The van der Waals surface area contributed by atoms with Crippen molar-refractivity contribution in [3.05, 3.63) is 22.7 Å². The maximum absolute atomic E-state index is 13.2. The van der Waals surface area contributed by atoms with Crippen molar-refractivity contribution in [1.82, 2.24) is 30.4 Å². The number of phosphoric ester groups is 1. The SMILES string of the molecule is CO[C@@H]1C(OC=O)O[C@@H](O[C@@H]2C(CO)O[C@H](O[C@@H]3C(OC=O)O[C@@H](OCCNC(=O)CCCN4C(=O)CC(SCCCC(=O)NCC(=O)C[C@H]5C([C@H](O)[C@H](O)CO)O[C@](OP(=O)([O-])OC[C@H]6O[C@@H](n7ccc(N)nc7=O)C(O)[C@H]6O)(C(=O)O)C[C@H]5O)C4=O)C(O)[C@H]3O)C(NC(C)=O)[C@H]2O)C(O)[C@H]1O. The molecule has 1 aromatic rings. The fourth-order valence-electron chi connectivity index (χ4n) is 11.8. The van der Waals surface area contributed by atoms with Gasteiger partial charge in [-0.1, -0.05) is 0 Å². The van der Waals surface area contributed by atoms with Crippen molar-refractivity contribution < 1.29 is 180 Å². The second-order valence-electron chi connectivity index (χ2n) is 24.2. The molecule has 6 aliphatic heterocycles. The average Bonchev–Trinajstić information content (AvgIpc) is 0.890. The minimum absolute atomic E-state index is 0.00372. The Labute approximate surface area is 586 Å². The Hall–Kier alpha value is -6.07. The molecule has 0 spiro atoms. The van der Waals surface area contributed by atoms with Gasteiger partial charge in [0, 0.05) is 71.3 Å². The molecule has 18 N–H and O–H groups in total. The molecular formula is C56H83N7O38PS-. The number of amides is 5. The molecule has 5 amide bonds. The van der Waals surface area contributed by atoms with Gasteiger partial charge in [-0.15, -0.1) is 11.8 Å². The maximum Gasteiger partial charge on any atom is 0.364 e. The number of aromatic nitrogens is 2. The number of Topliss-reactive ketones (excluding diaryl/α,β-unsaturated/α-hetero) is 1. The Kier molecular flexibility index (Phi) is 31.0. The van der Waals surface area contributed by atoms with E-state index in [9.17, 15) is 124 Å². The number of ether oxygens (including phenoxy) is 11. The number of nitrogens with two attached hydrogens (primary N) is 1. The molecule has 6 aliphatic rings. The number of ketones is 1. The number of hydrogen-bond acceptors (Lipinski definition) is 40. The van der Waals surface area contributed by atoms with Crippen molar-refractivity contribution in [2.45, 2.75) is 204 Å². The molecule has 0 radical (unpaired) electrons. The highest BCUT2D eigenvalue weighted by Crippen LogP contribution is 2.50. The summed E-state index contributed by atoms with van der Waals surface area (Å²) in [4.78, 5) is 143. The number of carboxylic acids is 1. The van der Waals surface area contributed by atoms with E-state index in [4.69, 9.17) is 66.9 Å². The highest BCUT2D eigenvalue weighted by atomic mass is 32.2. The van der Waals surface area contributed by atoms with E-state index in [1.54, 1.807) is 0 Å². The molecule has 6 fully saturated rings. The van der Waals surface area contributed by atoms with E-state index >= 15 is 0 Å². The Morgan fingerprint density at radius 3 is 2.11 bits per heavy atom. The lowest BCUT2D eigenvalue weighted by molar-refractivity contribution is -0.389. The van der Waals surface area contributed by atoms with Gasteiger partial charge in [0.1, 0.15) is 91.2 Å². The van der Waals surface area contributed by atoms with Crippen molar-refractivity contribution in [3.63, 3.8) is 0 Å². The first-order valence-electron chi connectivity index (χ1n) is 31.7. The number of rotatable bonds is 38. The van der Waals surface area contributed by atoms with Crippen molar-refractivity contribution in [2.24, 2.45) is 5.92 Å². The number of thioether (sulfide) groups is 1. The number of nitrogen functional groups attached to an aromatic ring is 1. The van der Waals surface area contributed by atoms with E-state index in [1.807, 2.05) is 0 Å². The van der Waals surface area contributed by atoms with Crippen LogP contribution in [0.15, 0.2) is 17.1 Å². The lowest BCUT2D eigenvalue weighted by Gasteiger charge is -2.49. The summed E-state index contributed by atoms with van der Waals surface area (Å²) in [6.45, 7) is -4.02. The number of nitrogens with zero attached hydrogens (tertiary/aromatic N) is 3. The minimum atomic E-state index is -5.98. The van der Waals surface area contributed by atoms with Gasteiger partial charge in [0.25, 0.3) is 26.6 Å². The summed E-state index contributed by atoms with van der Waals surface area (Å²) in [5, 5.41) is 145. The lowest BCUT2D eigenvalue weighted by atomic mass is 9.80. The second-order valence-corrected chi connectivity index (χ2v) is 26.8. The Morgan fingerprint density at radius 1 is 0.825 bits per heavy atom. The quantitative estimate of drug-likeness (QED) is 0.0127. The first-order chi connectivity index (χ1) is 48.7. The number of likely N-dealkylation sites (tertiary alicyclic amines) is 1. The molecule has 0 aromatic carbocycles. The number of carboxylic acid groups (broad SMARTS) is 1. The predicted octanol–water partition coefficient (Wildman–Crippen LogP) is -11.6. The van der Waals surface area contributed by atoms with Crippen LogP contribution in [0.4, 0.5) is 5.82 Å². The van der Waals surface area contributed by atoms with Crippen LogP contribution in [-0.4, -0.2) is 340 Å². The molecule has 1 aromatic heterocycles. The molecule has 47 heteroatoms. The van der Waals surface area contributed by atoms with Gasteiger partial charge in [0.15, 0.2) is 37.0 Å². The van der Waals surface area contributed by atoms with Crippen LogP contribution in [-0.2, 0) is 109 Å². The van der Waals surface area contributed by atoms with E-state index < -0.39 is 259 Å². The van der Waals surface area contributed by atoms with Crippen LogP contribution >= 0.6 is 19.6 Å². The molecule has 103 heavy (non-hydrogen) atoms. The summed E-state index contributed by atoms with van der Waals surface area (Å²) < 4.78 is 83.0. The van der Waals surface area contributed by atoms with Gasteiger partial charge in [0.2, 0.25) is 42.1 Å². The number of carbonyl (C=O) groups excluding carboxylic acids is 8. The Balaban J connectivity index is 0.803. The lowest BCUT2D eigenvalue weighted by Crippen LogP contribution is -2.69. The molecule has 0 bridgehead atoms. The normalized spacial score (nSPS) is 35.8. The van der Waals surface area contributed by atoms with Crippen LogP contribution < -0.4 is 32.3 Å². The minimum Gasteiger partial charge on any atom is -0.756 e. The average molecular weight is 1530 g/mol. The highest BCUT2D eigenvalue weighted by molar-refractivity contribution is 8.00. The number of methoxy groups -OCH3 is 1. The number of aliphatic carboxylic acids is 1. The summed E-state index contributed by atoms with van der Waals surface area (Å²) in [6, 6.07) is -0.529. The van der Waals surface area contributed by atoms with Crippen LogP contribution in [0.1, 0.15) is 58.1 Å². The monoisotopic (exact) mass is 1520 g/mol. The van der Waals surface area contributed by atoms with E-state index in [0.717, 1.165) is 47.5 Å². The van der Waals surface area contributed by atoms with Gasteiger partial charge < -0.3 is 150 Å². The van der Waals surface area contributed by atoms with E-state index in [0.29, 0.717) is 0 Å². The number of hydrogen-bond donors (Lipinski definition) is 17. The summed E-state index contributed by atoms with van der Waals surface area (Å²) in [7, 11) is -4.86. The molecule has 6 saturated heterocycles. The predicted molar refractivity (Wildman–Crippen MR) is 325 cm³/mol. The van der Waals surface area contributed by atoms with Crippen LogP contribution in [0.3, 0.4) is 0 Å². The number of anilines is 1. The standard InChI is InChI=1S/C56H84N7O38PS/c1-22(68)60-34-37(77)44(96-51-42(82)38(78)45(89-2)52(99-51)91-20-66)27(18-65)95-49(34)97-46-39(79)41(81)50(98-53(46)92-21-67)90-11-8-58-31(72)5-3-9-62-33(74)14-29(47(62)83)103-12-4-6-32(73)59-16-23(69)13-24-25(70)15-56(54(84)85,100-43(24)35(75)26(71)17-64)101-102(87,88)93-19-28-36(76)40(80)48(94-28)63-10-7-30(57)61-55(63)86/h7,10,20-21,24-29,34-46,48-53,64-65,70-71,75-82H,3-6,8-9,11-19H2,1-2H3,(H,58,72)(H,59,73)(H,60,68)(H,84,85)(H,87,88)(H2,57,61,86)/p-1/t24-,25-,26-,27?,28-,29?,34?,35-,36+,37-,38-,39-,40?,41?,42?,43?,44-,45+,46+,48-,49-,50-,51-,52?,53?,56-/m1/s1. The maximum atomic E-state index is 13.2. The zero-order valence-electron chi connectivity index (χ0n) is 54.6. The number of imide groups is 1. The molecule has 0 saturated carbocycles. The van der Waals surface area contributed by atoms with Crippen LogP contribution in [0.5, 0.6) is 0 Å². The first-order valence-corrected chi connectivity index (χ1v) is 34.2. The number of phosphoric acid groups is 1. The van der Waals surface area contributed by atoms with Gasteiger partial charge in [0.05, 0.1) is 50.4 Å². The van der Waals surface area contributed by atoms with Crippen molar-refractivity contribution in [2.75, 3.05) is 64.7 Å². The van der Waals surface area contributed by atoms with Gasteiger partial charge >= 0.3 is 11.7 Å². The van der Waals surface area contributed by atoms with Crippen molar-refractivity contribution in [1.29, 1.82) is 0 Å². The van der Waals surface area contributed by atoms with Gasteiger partial charge in [-0.2, -0.15) is 4.98 Å². The van der Waals surface area contributed by atoms with Crippen LogP contribution in [0, 0.1) is 5.92 Å². The fourth-order valence-corrected chi connectivity index (χ4v) is 13.9. The molecular weight excluding hydrogens is 1440 g/mol. The molecule has 45 nitrogen and oxygen atoms in total. The summed E-state index contributed by atoms with van der Waals surface area (Å²) >= 11 is 1.06. The molecule has 10 unspecified atom stereocenters. The topological polar surface area (TPSA) is 677 Å². The third-order valence-electron chi connectivity index (χ3n) is 17.1. The third kappa shape index (κ3) is 21.2. The Bertz CT molecular complexity index is 3190. The molecule has 7 rings (SSSR count). The first kappa shape index (κ1) is 84.2. The highest BCUT2D eigenvalue weighted by Gasteiger charge is 2.59. The summed E-state index contributed by atoms with van der Waals surface area (Å²) in [5.74, 6) is -11.4. The molecule has 7 heterocycles. The molecule has 0 aliphatic carbocycles. The Morgan fingerprint density at radius 2 is 1.47 bits per heavy atom. The van der Waals surface area contributed by atoms with Gasteiger partial charge in [-0.3, -0.25) is 56.9 Å². The number of aliphatic hydroxyl groups excluding tert-OH is 12. The zero-order valence-corrected chi connectivity index (χ0v) is 56.4. The third-order valence-corrected chi connectivity index (χ3v) is 19.3. The van der Waals surface area contributed by atoms with Crippen LogP contribution in [0.25, 0.3) is 0 Å². The second kappa shape index (κ2) is 37.9. The number of carbonyl (C=O) groups is 9. The molecule has 582 valence electrons. The number of aliphatic hydroxyl groups is 12. The fraction of sp³-hybridized carbons (Fsp3) is 0.768. The van der Waals surface area contributed by atoms with E-state index in [-0.39, 0.29) is 69.7 Å². The summed E-state index contributed by atoms with van der Waals surface area (Å²) in [5.41, 5.74) is 4.45. The van der Waals surface area contributed by atoms with Crippen molar-refractivity contribution >= 4 is 79.6 Å². The number of nitrogens with one attached hydrogen (secondary N) is 3. The van der Waals surface area contributed by atoms with Crippen molar-refractivity contribution in [3.8, 4) is 0 Å². The molecule has 27 atom stereocenters. The van der Waals surface area contributed by atoms with Gasteiger partial charge in [-0.25, -0.2) is 9.59 Å². The van der Waals surface area contributed by atoms with E-state index in [1.165, 1.54) is 0 Å².